The molecule has 0 aliphatic heterocycles. The largest absolute Gasteiger partial charge is 0.383 e. The van der Waals surface area contributed by atoms with E-state index in [1.165, 1.54) is 23.3 Å². The van der Waals surface area contributed by atoms with Gasteiger partial charge in [-0.1, -0.05) is 42.5 Å². The van der Waals surface area contributed by atoms with Crippen LogP contribution in [0.2, 0.25) is 0 Å². The zero-order valence-electron chi connectivity index (χ0n) is 17.2. The molecule has 0 radical (unpaired) electrons. The Kier molecular flexibility index (Phi) is 5.00. The average Bonchev–Trinajstić information content (AvgIpc) is 3.18. The number of benzene rings is 4. The van der Waals surface area contributed by atoms with Crippen LogP contribution in [0.25, 0.3) is 11.1 Å². The molecule has 1 aliphatic rings. The third kappa shape index (κ3) is 3.76. The lowest BCUT2D eigenvalue weighted by atomic mass is 10.0. The van der Waals surface area contributed by atoms with E-state index >= 15 is 0 Å². The van der Waals surface area contributed by atoms with Gasteiger partial charge in [0.2, 0.25) is 0 Å². The van der Waals surface area contributed by atoms with Crippen molar-refractivity contribution in [2.45, 2.75) is 6.42 Å². The zero-order valence-corrected chi connectivity index (χ0v) is 17.2. The van der Waals surface area contributed by atoms with Crippen molar-refractivity contribution in [2.75, 3.05) is 5.32 Å². The lowest BCUT2D eigenvalue weighted by Gasteiger charge is -2.10. The number of aliphatic imine (C=N–C) groups is 1. The number of nitrogens with zero attached hydrogens (tertiary/aromatic N) is 1. The Bertz CT molecular complexity index is 1360. The number of hydrogen-bond donors (Lipinski definition) is 2. The van der Waals surface area contributed by atoms with Gasteiger partial charge in [0.1, 0.15) is 11.7 Å². The number of carbonyl (C=O) groups is 1. The summed E-state index contributed by atoms with van der Waals surface area (Å²) in [5.41, 5.74) is 13.1. The average molecular weight is 421 g/mol. The Morgan fingerprint density at radius 2 is 1.62 bits per heavy atom. The SMILES string of the molecule is NC(=Nc1cccc(NC(=O)c2cccc3c2Cc2ccccc2-3)c1)c1ccc(F)cc1. The minimum absolute atomic E-state index is 0.165. The van der Waals surface area contributed by atoms with Crippen molar-refractivity contribution in [3.63, 3.8) is 0 Å². The molecule has 0 fully saturated rings. The summed E-state index contributed by atoms with van der Waals surface area (Å²) in [6.45, 7) is 0. The molecule has 0 saturated heterocycles. The molecule has 4 nitrogen and oxygen atoms in total. The fourth-order valence-electron chi connectivity index (χ4n) is 4.05. The third-order valence-electron chi connectivity index (χ3n) is 5.59. The van der Waals surface area contributed by atoms with E-state index in [2.05, 4.69) is 28.5 Å². The van der Waals surface area contributed by atoms with E-state index in [9.17, 15) is 9.18 Å². The first-order valence-electron chi connectivity index (χ1n) is 10.3. The van der Waals surface area contributed by atoms with Gasteiger partial charge >= 0.3 is 0 Å². The van der Waals surface area contributed by atoms with Crippen LogP contribution in [0.1, 0.15) is 27.0 Å². The molecule has 156 valence electrons. The molecule has 4 aromatic rings. The Morgan fingerprint density at radius 1 is 0.875 bits per heavy atom. The van der Waals surface area contributed by atoms with Crippen molar-refractivity contribution >= 4 is 23.1 Å². The Hall–Kier alpha value is -4.25. The molecule has 3 N–H and O–H groups in total. The van der Waals surface area contributed by atoms with Crippen molar-refractivity contribution in [2.24, 2.45) is 10.7 Å². The molecule has 5 heteroatoms. The van der Waals surface area contributed by atoms with Crippen LogP contribution < -0.4 is 11.1 Å². The van der Waals surface area contributed by atoms with Gasteiger partial charge in [-0.15, -0.1) is 0 Å². The fourth-order valence-corrected chi connectivity index (χ4v) is 4.05. The lowest BCUT2D eigenvalue weighted by molar-refractivity contribution is 0.102. The smallest absolute Gasteiger partial charge is 0.255 e. The van der Waals surface area contributed by atoms with E-state index in [4.69, 9.17) is 5.73 Å². The second kappa shape index (κ2) is 8.12. The minimum Gasteiger partial charge on any atom is -0.383 e. The molecule has 0 spiro atoms. The van der Waals surface area contributed by atoms with Gasteiger partial charge in [0.05, 0.1) is 5.69 Å². The first kappa shape index (κ1) is 19.7. The molecule has 0 atom stereocenters. The second-order valence-electron chi connectivity index (χ2n) is 7.67. The highest BCUT2D eigenvalue weighted by atomic mass is 19.1. The number of amidine groups is 1. The van der Waals surface area contributed by atoms with Gasteiger partial charge in [-0.3, -0.25) is 4.79 Å². The fraction of sp³-hybridized carbons (Fsp3) is 0.0370. The normalized spacial score (nSPS) is 12.2. The Morgan fingerprint density at radius 3 is 2.47 bits per heavy atom. The number of fused-ring (bicyclic) bond motifs is 3. The van der Waals surface area contributed by atoms with Crippen molar-refractivity contribution < 1.29 is 9.18 Å². The summed E-state index contributed by atoms with van der Waals surface area (Å²) in [4.78, 5) is 17.5. The number of carbonyl (C=O) groups excluding carboxylic acids is 1. The van der Waals surface area contributed by atoms with E-state index in [1.54, 1.807) is 30.3 Å². The Balaban J connectivity index is 1.39. The van der Waals surface area contributed by atoms with E-state index < -0.39 is 0 Å². The van der Waals surface area contributed by atoms with Crippen LogP contribution in [0.5, 0.6) is 0 Å². The molecule has 0 heterocycles. The number of halogens is 1. The summed E-state index contributed by atoms with van der Waals surface area (Å²) in [6, 6.07) is 27.1. The molecular weight excluding hydrogens is 401 g/mol. The lowest BCUT2D eigenvalue weighted by Crippen LogP contribution is -2.14. The highest BCUT2D eigenvalue weighted by Crippen LogP contribution is 2.38. The van der Waals surface area contributed by atoms with Gasteiger partial charge in [-0.05, 0) is 77.2 Å². The molecule has 0 aromatic heterocycles. The molecule has 5 rings (SSSR count). The predicted molar refractivity (Wildman–Crippen MR) is 126 cm³/mol. The van der Waals surface area contributed by atoms with Crippen LogP contribution in [0.4, 0.5) is 15.8 Å². The monoisotopic (exact) mass is 421 g/mol. The standard InChI is InChI=1S/C27H20FN3O/c28-19-13-11-17(12-14-19)26(29)30-20-6-3-7-21(16-20)31-27(32)24-10-4-9-23-22-8-2-1-5-18(22)15-25(23)24/h1-14,16H,15H2,(H2,29,30)(H,31,32). The summed E-state index contributed by atoms with van der Waals surface area (Å²) in [5, 5.41) is 2.98. The summed E-state index contributed by atoms with van der Waals surface area (Å²) in [5.74, 6) is -0.226. The first-order chi connectivity index (χ1) is 15.6. The van der Waals surface area contributed by atoms with Gasteiger partial charge in [-0.25, -0.2) is 9.38 Å². The second-order valence-corrected chi connectivity index (χ2v) is 7.67. The maximum atomic E-state index is 13.1. The minimum atomic E-state index is -0.332. The summed E-state index contributed by atoms with van der Waals surface area (Å²) in [6.07, 6.45) is 0.744. The van der Waals surface area contributed by atoms with Gasteiger partial charge in [-0.2, -0.15) is 0 Å². The van der Waals surface area contributed by atoms with Gasteiger partial charge in [0, 0.05) is 16.8 Å². The number of nitrogens with two attached hydrogens (primary N) is 1. The van der Waals surface area contributed by atoms with Crippen LogP contribution in [-0.2, 0) is 6.42 Å². The number of amides is 1. The van der Waals surface area contributed by atoms with Crippen LogP contribution in [0.15, 0.2) is 96.0 Å². The van der Waals surface area contributed by atoms with Crippen LogP contribution in [0, 0.1) is 5.82 Å². The van der Waals surface area contributed by atoms with Crippen LogP contribution >= 0.6 is 0 Å². The number of hydrogen-bond acceptors (Lipinski definition) is 2. The third-order valence-corrected chi connectivity index (χ3v) is 5.59. The number of anilines is 1. The van der Waals surface area contributed by atoms with Gasteiger partial charge < -0.3 is 11.1 Å². The molecule has 1 amide bonds. The summed E-state index contributed by atoms with van der Waals surface area (Å²) in [7, 11) is 0. The Labute approximate surface area is 185 Å². The molecule has 0 bridgehead atoms. The zero-order chi connectivity index (χ0) is 22.1. The quantitative estimate of drug-likeness (QED) is 0.289. The summed E-state index contributed by atoms with van der Waals surface area (Å²) < 4.78 is 13.1. The molecule has 4 aromatic carbocycles. The first-order valence-corrected chi connectivity index (χ1v) is 10.3. The highest BCUT2D eigenvalue weighted by Gasteiger charge is 2.23. The van der Waals surface area contributed by atoms with Crippen LogP contribution in [0.3, 0.4) is 0 Å². The molecular formula is C27H20FN3O. The number of nitrogens with one attached hydrogen (secondary N) is 1. The van der Waals surface area contributed by atoms with Crippen molar-refractivity contribution in [1.29, 1.82) is 0 Å². The van der Waals surface area contributed by atoms with Crippen LogP contribution in [-0.4, -0.2) is 11.7 Å². The van der Waals surface area contributed by atoms with E-state index in [0.29, 0.717) is 22.5 Å². The van der Waals surface area contributed by atoms with E-state index in [0.717, 1.165) is 17.5 Å². The maximum absolute atomic E-state index is 13.1. The van der Waals surface area contributed by atoms with Gasteiger partial charge in [0.15, 0.2) is 0 Å². The molecule has 1 aliphatic carbocycles. The topological polar surface area (TPSA) is 67.5 Å². The predicted octanol–water partition coefficient (Wildman–Crippen LogP) is 5.69. The molecule has 0 saturated carbocycles. The highest BCUT2D eigenvalue weighted by molar-refractivity contribution is 6.07. The maximum Gasteiger partial charge on any atom is 0.255 e. The van der Waals surface area contributed by atoms with Crippen molar-refractivity contribution in [3.8, 4) is 11.1 Å². The van der Waals surface area contributed by atoms with E-state index in [-0.39, 0.29) is 17.6 Å². The molecule has 32 heavy (non-hydrogen) atoms. The van der Waals surface area contributed by atoms with Crippen molar-refractivity contribution in [3.05, 3.63) is 119 Å². The van der Waals surface area contributed by atoms with E-state index in [1.807, 2.05) is 30.3 Å². The van der Waals surface area contributed by atoms with Gasteiger partial charge in [0.25, 0.3) is 5.91 Å². The number of rotatable bonds is 4. The summed E-state index contributed by atoms with van der Waals surface area (Å²) >= 11 is 0. The molecule has 0 unspecified atom stereocenters. The van der Waals surface area contributed by atoms with Crippen molar-refractivity contribution in [1.82, 2.24) is 0 Å².